The summed E-state index contributed by atoms with van der Waals surface area (Å²) in [5.41, 5.74) is 4.79. The zero-order valence-corrected chi connectivity index (χ0v) is 9.15. The lowest BCUT2D eigenvalue weighted by Gasteiger charge is -2.23. The minimum absolute atomic E-state index is 0.0348. The van der Waals surface area contributed by atoms with Gasteiger partial charge in [-0.1, -0.05) is 0 Å². The van der Waals surface area contributed by atoms with Crippen LogP contribution in [0.3, 0.4) is 0 Å². The molecule has 6 heteroatoms. The highest BCUT2D eigenvalue weighted by Crippen LogP contribution is 2.01. The molecule has 80 valence electrons. The van der Waals surface area contributed by atoms with Crippen LogP contribution in [0.5, 0.6) is 0 Å². The second-order valence-corrected chi connectivity index (χ2v) is 5.34. The van der Waals surface area contributed by atoms with E-state index in [0.717, 1.165) is 0 Å². The number of nitrogens with two attached hydrogens (primary N) is 1. The first-order valence-corrected chi connectivity index (χ1v) is 5.69. The van der Waals surface area contributed by atoms with Crippen molar-refractivity contribution in [3.63, 3.8) is 0 Å². The highest BCUT2D eigenvalue weighted by Gasteiger charge is 2.22. The summed E-state index contributed by atoms with van der Waals surface area (Å²) in [6.45, 7) is 3.92. The summed E-state index contributed by atoms with van der Waals surface area (Å²) in [4.78, 5) is 0. The lowest BCUT2D eigenvalue weighted by Crippen LogP contribution is -2.49. The van der Waals surface area contributed by atoms with Crippen LogP contribution in [0.15, 0.2) is 0 Å². The van der Waals surface area contributed by atoms with E-state index in [-0.39, 0.29) is 18.9 Å². The smallest absolute Gasteiger partial charge is 0.214 e. The average Bonchev–Trinajstić information content (AvgIpc) is 1.99. The molecule has 13 heavy (non-hydrogen) atoms. The van der Waals surface area contributed by atoms with Crippen molar-refractivity contribution in [2.45, 2.75) is 19.4 Å². The van der Waals surface area contributed by atoms with E-state index < -0.39 is 15.6 Å². The second kappa shape index (κ2) is 4.90. The van der Waals surface area contributed by atoms with Crippen LogP contribution >= 0.6 is 0 Å². The van der Waals surface area contributed by atoms with Gasteiger partial charge in [-0.15, -0.1) is 0 Å². The van der Waals surface area contributed by atoms with Crippen molar-refractivity contribution in [1.29, 1.82) is 0 Å². The topological polar surface area (TPSA) is 81.4 Å². The van der Waals surface area contributed by atoms with Crippen molar-refractivity contribution in [3.05, 3.63) is 0 Å². The molecule has 0 radical (unpaired) electrons. The molecule has 0 unspecified atom stereocenters. The van der Waals surface area contributed by atoms with Crippen molar-refractivity contribution >= 4 is 10.0 Å². The third kappa shape index (κ3) is 5.98. The van der Waals surface area contributed by atoms with E-state index in [9.17, 15) is 8.42 Å². The Morgan fingerprint density at radius 1 is 1.46 bits per heavy atom. The summed E-state index contributed by atoms with van der Waals surface area (Å²) in [6, 6.07) is 0. The van der Waals surface area contributed by atoms with Gasteiger partial charge in [-0.05, 0) is 13.8 Å². The van der Waals surface area contributed by atoms with Gasteiger partial charge in [-0.3, -0.25) is 0 Å². The van der Waals surface area contributed by atoms with Gasteiger partial charge < -0.3 is 10.5 Å². The molecule has 0 saturated heterocycles. The van der Waals surface area contributed by atoms with Crippen molar-refractivity contribution in [2.24, 2.45) is 5.73 Å². The second-order valence-electron chi connectivity index (χ2n) is 3.50. The summed E-state index contributed by atoms with van der Waals surface area (Å²) in [5.74, 6) is -0.0348. The van der Waals surface area contributed by atoms with Crippen LogP contribution in [-0.4, -0.2) is 40.0 Å². The molecule has 0 aromatic rings. The fraction of sp³-hybridized carbons (Fsp3) is 1.00. The van der Waals surface area contributed by atoms with E-state index in [4.69, 9.17) is 5.73 Å². The number of methoxy groups -OCH3 is 1. The van der Waals surface area contributed by atoms with E-state index >= 15 is 0 Å². The van der Waals surface area contributed by atoms with Crippen LogP contribution in [-0.2, 0) is 14.8 Å². The molecule has 0 fully saturated rings. The largest absolute Gasteiger partial charge is 0.384 e. The fourth-order valence-electron chi connectivity index (χ4n) is 0.707. The molecule has 0 aromatic carbocycles. The average molecular weight is 210 g/mol. The molecule has 0 aliphatic heterocycles. The summed E-state index contributed by atoms with van der Waals surface area (Å²) < 4.78 is 29.8. The first-order chi connectivity index (χ1) is 5.83. The van der Waals surface area contributed by atoms with Crippen LogP contribution in [0.2, 0.25) is 0 Å². The highest BCUT2D eigenvalue weighted by atomic mass is 32.2. The maximum Gasteiger partial charge on any atom is 0.214 e. The number of ether oxygens (including phenoxy) is 1. The Morgan fingerprint density at radius 2 is 2.00 bits per heavy atom. The predicted octanol–water partition coefficient (Wildman–Crippen LogP) is -0.710. The number of nitrogens with one attached hydrogen (secondary N) is 1. The van der Waals surface area contributed by atoms with Gasteiger partial charge in [-0.2, -0.15) is 0 Å². The molecule has 0 spiro atoms. The van der Waals surface area contributed by atoms with E-state index in [1.165, 1.54) is 7.11 Å². The van der Waals surface area contributed by atoms with Crippen LogP contribution in [0.25, 0.3) is 0 Å². The molecular formula is C7H18N2O3S. The van der Waals surface area contributed by atoms with Crippen molar-refractivity contribution in [1.82, 2.24) is 4.72 Å². The quantitative estimate of drug-likeness (QED) is 0.607. The molecule has 5 nitrogen and oxygen atoms in total. The summed E-state index contributed by atoms with van der Waals surface area (Å²) in [7, 11) is -1.81. The zero-order valence-electron chi connectivity index (χ0n) is 8.33. The van der Waals surface area contributed by atoms with Gasteiger partial charge >= 0.3 is 0 Å². The van der Waals surface area contributed by atoms with E-state index in [2.05, 4.69) is 9.46 Å². The van der Waals surface area contributed by atoms with Gasteiger partial charge in [0.1, 0.15) is 0 Å². The minimum atomic E-state index is -3.27. The molecule has 0 aliphatic rings. The molecule has 0 aromatic heterocycles. The van der Waals surface area contributed by atoms with Gasteiger partial charge in [-0.25, -0.2) is 13.1 Å². The van der Waals surface area contributed by atoms with Crippen LogP contribution in [0, 0.1) is 0 Å². The molecule has 0 atom stereocenters. The normalized spacial score (nSPS) is 13.2. The highest BCUT2D eigenvalue weighted by molar-refractivity contribution is 7.89. The lowest BCUT2D eigenvalue weighted by atomic mass is 10.1. The summed E-state index contributed by atoms with van der Waals surface area (Å²) in [6.07, 6.45) is 0. The Bertz CT molecular complexity index is 236. The predicted molar refractivity (Wildman–Crippen MR) is 51.9 cm³/mol. The molecule has 0 aliphatic carbocycles. The molecule has 0 heterocycles. The van der Waals surface area contributed by atoms with Crippen LogP contribution in [0.4, 0.5) is 0 Å². The Kier molecular flexibility index (Phi) is 4.83. The van der Waals surface area contributed by atoms with Gasteiger partial charge in [0.25, 0.3) is 0 Å². The molecular weight excluding hydrogens is 192 g/mol. The zero-order chi connectivity index (χ0) is 10.5. The fourth-order valence-corrected chi connectivity index (χ4v) is 2.12. The van der Waals surface area contributed by atoms with Crippen molar-refractivity contribution in [2.75, 3.05) is 26.0 Å². The van der Waals surface area contributed by atoms with Gasteiger partial charge in [0, 0.05) is 19.2 Å². The Hall–Kier alpha value is -0.170. The molecule has 0 bridgehead atoms. The minimum Gasteiger partial charge on any atom is -0.384 e. The first kappa shape index (κ1) is 12.8. The first-order valence-electron chi connectivity index (χ1n) is 4.03. The number of hydrogen-bond donors (Lipinski definition) is 2. The molecule has 0 saturated carbocycles. The molecule has 0 rings (SSSR count). The molecule has 3 N–H and O–H groups in total. The maximum atomic E-state index is 11.3. The van der Waals surface area contributed by atoms with E-state index in [0.29, 0.717) is 0 Å². The number of rotatable bonds is 6. The van der Waals surface area contributed by atoms with E-state index in [1.807, 2.05) is 0 Å². The van der Waals surface area contributed by atoms with Gasteiger partial charge in [0.05, 0.1) is 12.4 Å². The van der Waals surface area contributed by atoms with Gasteiger partial charge in [0.15, 0.2) is 0 Å². The number of sulfonamides is 1. The van der Waals surface area contributed by atoms with Crippen molar-refractivity contribution in [3.8, 4) is 0 Å². The molecule has 0 amide bonds. The van der Waals surface area contributed by atoms with Crippen molar-refractivity contribution < 1.29 is 13.2 Å². The monoisotopic (exact) mass is 210 g/mol. The summed E-state index contributed by atoms with van der Waals surface area (Å²) >= 11 is 0. The van der Waals surface area contributed by atoms with Crippen LogP contribution < -0.4 is 10.5 Å². The van der Waals surface area contributed by atoms with Crippen LogP contribution in [0.1, 0.15) is 13.8 Å². The third-order valence-corrected chi connectivity index (χ3v) is 3.07. The number of hydrogen-bond acceptors (Lipinski definition) is 4. The van der Waals surface area contributed by atoms with Gasteiger partial charge in [0.2, 0.25) is 10.0 Å². The third-order valence-electron chi connectivity index (χ3n) is 1.50. The Balaban J connectivity index is 4.18. The Labute approximate surface area is 79.7 Å². The summed E-state index contributed by atoms with van der Waals surface area (Å²) in [5, 5.41) is 0. The maximum absolute atomic E-state index is 11.3. The lowest BCUT2D eigenvalue weighted by molar-refractivity contribution is 0.216. The van der Waals surface area contributed by atoms with E-state index in [1.54, 1.807) is 13.8 Å². The standard InChI is InChI=1S/C7H18N2O3S/c1-7(2,6-8)9-13(10,11)5-4-12-3/h9H,4-6,8H2,1-3H3. The SMILES string of the molecule is COCCS(=O)(=O)NC(C)(C)CN. The Morgan fingerprint density at radius 3 is 2.38 bits per heavy atom.